The van der Waals surface area contributed by atoms with E-state index in [-0.39, 0.29) is 5.78 Å². The zero-order valence-electron chi connectivity index (χ0n) is 15.6. The molecule has 5 rings (SSSR count). The molecule has 1 aromatic heterocycles. The number of carbonyl (C=O) groups is 1. The van der Waals surface area contributed by atoms with Gasteiger partial charge in [-0.25, -0.2) is 0 Å². The Kier molecular flexibility index (Phi) is 3.32. The van der Waals surface area contributed by atoms with Crippen LogP contribution < -0.4 is 0 Å². The first-order chi connectivity index (χ1) is 13.0. The highest BCUT2D eigenvalue weighted by Gasteiger charge is 2.27. The van der Waals surface area contributed by atoms with E-state index in [4.69, 9.17) is 0 Å². The fraction of sp³-hybridized carbons (Fsp3) is 0.120. The fourth-order valence-corrected chi connectivity index (χ4v) is 4.20. The van der Waals surface area contributed by atoms with Gasteiger partial charge in [0.25, 0.3) is 0 Å². The summed E-state index contributed by atoms with van der Waals surface area (Å²) >= 11 is 0. The van der Waals surface area contributed by atoms with E-state index in [2.05, 4.69) is 56.1 Å². The number of hydrogen-bond donors (Lipinski definition) is 0. The summed E-state index contributed by atoms with van der Waals surface area (Å²) in [5.74, 6) is 0.108. The van der Waals surface area contributed by atoms with Crippen LogP contribution in [0.4, 0.5) is 0 Å². The van der Waals surface area contributed by atoms with Crippen molar-refractivity contribution in [2.75, 3.05) is 0 Å². The van der Waals surface area contributed by atoms with E-state index in [0.717, 1.165) is 44.3 Å². The lowest BCUT2D eigenvalue weighted by molar-refractivity contribution is 0.104. The first-order valence-corrected chi connectivity index (χ1v) is 9.18. The van der Waals surface area contributed by atoms with Crippen LogP contribution in [0.15, 0.2) is 60.8 Å². The average molecular weight is 349 g/mol. The molecule has 0 atom stereocenters. The lowest BCUT2D eigenvalue weighted by Crippen LogP contribution is -1.96. The van der Waals surface area contributed by atoms with Crippen LogP contribution >= 0.6 is 0 Å². The number of ketones is 1. The molecule has 0 spiro atoms. The molecule has 2 nitrogen and oxygen atoms in total. The minimum Gasteiger partial charge on any atom is -0.289 e. The highest BCUT2D eigenvalue weighted by atomic mass is 16.1. The molecule has 0 amide bonds. The lowest BCUT2D eigenvalue weighted by atomic mass is 9.96. The fourth-order valence-electron chi connectivity index (χ4n) is 4.20. The third-order valence-corrected chi connectivity index (χ3v) is 5.35. The van der Waals surface area contributed by atoms with Crippen molar-refractivity contribution < 1.29 is 4.79 Å². The minimum atomic E-state index is 0.108. The number of fused-ring (bicyclic) bond motifs is 4. The largest absolute Gasteiger partial charge is 0.289 e. The third kappa shape index (κ3) is 2.41. The number of pyridine rings is 1. The predicted molar refractivity (Wildman–Crippen MR) is 110 cm³/mol. The van der Waals surface area contributed by atoms with Gasteiger partial charge in [-0.1, -0.05) is 41.0 Å². The summed E-state index contributed by atoms with van der Waals surface area (Å²) in [5, 5.41) is 2.14. The Morgan fingerprint density at radius 1 is 0.667 bits per heavy atom. The molecule has 3 aromatic carbocycles. The van der Waals surface area contributed by atoms with Crippen LogP contribution in [0.3, 0.4) is 0 Å². The molecule has 0 aliphatic heterocycles. The summed E-state index contributed by atoms with van der Waals surface area (Å²) in [6.07, 6.45) is 1.86. The topological polar surface area (TPSA) is 30.0 Å². The SMILES string of the molecule is Cc1cc(C)cc(-c2nccc3cc4c(cc23)C(=O)c2ccc(C)cc2-4)c1. The van der Waals surface area contributed by atoms with Crippen molar-refractivity contribution in [1.29, 1.82) is 0 Å². The number of carbonyl (C=O) groups excluding carboxylic acids is 1. The van der Waals surface area contributed by atoms with Crippen LogP contribution in [-0.4, -0.2) is 10.8 Å². The maximum absolute atomic E-state index is 13.0. The average Bonchev–Trinajstić information content (AvgIpc) is 2.90. The summed E-state index contributed by atoms with van der Waals surface area (Å²) in [7, 11) is 0. The zero-order valence-corrected chi connectivity index (χ0v) is 15.6. The Balaban J connectivity index is 1.80. The van der Waals surface area contributed by atoms with E-state index in [0.29, 0.717) is 0 Å². The van der Waals surface area contributed by atoms with Crippen LogP contribution in [0.1, 0.15) is 32.6 Å². The van der Waals surface area contributed by atoms with Crippen LogP contribution in [0, 0.1) is 20.8 Å². The van der Waals surface area contributed by atoms with Crippen molar-refractivity contribution in [2.24, 2.45) is 0 Å². The zero-order chi connectivity index (χ0) is 18.7. The Hall–Kier alpha value is -3.26. The van der Waals surface area contributed by atoms with E-state index in [1.807, 2.05) is 30.5 Å². The van der Waals surface area contributed by atoms with E-state index >= 15 is 0 Å². The molecule has 27 heavy (non-hydrogen) atoms. The van der Waals surface area contributed by atoms with Gasteiger partial charge in [-0.3, -0.25) is 9.78 Å². The van der Waals surface area contributed by atoms with Gasteiger partial charge in [-0.2, -0.15) is 0 Å². The van der Waals surface area contributed by atoms with E-state index in [1.54, 1.807) is 0 Å². The Morgan fingerprint density at radius 2 is 1.41 bits per heavy atom. The number of hydrogen-bond acceptors (Lipinski definition) is 2. The number of benzene rings is 3. The Labute approximate surface area is 158 Å². The van der Waals surface area contributed by atoms with Gasteiger partial charge in [0, 0.05) is 28.3 Å². The van der Waals surface area contributed by atoms with Gasteiger partial charge >= 0.3 is 0 Å². The standard InChI is InChI=1S/C25H19NO/c1-14-4-5-19-21(11-14)22-12-17-6-7-26-24(20(17)13-23(22)25(19)27)18-9-15(2)8-16(3)10-18/h4-13H,1-3H3. The number of rotatable bonds is 1. The minimum absolute atomic E-state index is 0.108. The summed E-state index contributed by atoms with van der Waals surface area (Å²) < 4.78 is 0. The summed E-state index contributed by atoms with van der Waals surface area (Å²) in [4.78, 5) is 17.6. The quantitative estimate of drug-likeness (QED) is 0.369. The van der Waals surface area contributed by atoms with Gasteiger partial charge < -0.3 is 0 Å². The van der Waals surface area contributed by atoms with Gasteiger partial charge in [0.1, 0.15) is 0 Å². The third-order valence-electron chi connectivity index (χ3n) is 5.35. The Bertz CT molecular complexity index is 1250. The number of nitrogens with zero attached hydrogens (tertiary/aromatic N) is 1. The van der Waals surface area contributed by atoms with Crippen LogP contribution in [0.5, 0.6) is 0 Å². The Morgan fingerprint density at radius 3 is 2.19 bits per heavy atom. The predicted octanol–water partition coefficient (Wildman–Crippen LogP) is 6.04. The molecule has 0 N–H and O–H groups in total. The molecule has 0 unspecified atom stereocenters. The summed E-state index contributed by atoms with van der Waals surface area (Å²) in [6, 6.07) is 18.7. The maximum Gasteiger partial charge on any atom is 0.194 e. The van der Waals surface area contributed by atoms with Gasteiger partial charge in [0.2, 0.25) is 0 Å². The van der Waals surface area contributed by atoms with Crippen LogP contribution in [0.2, 0.25) is 0 Å². The highest BCUT2D eigenvalue weighted by Crippen LogP contribution is 2.41. The van der Waals surface area contributed by atoms with Crippen molar-refractivity contribution in [3.63, 3.8) is 0 Å². The smallest absolute Gasteiger partial charge is 0.194 e. The molecule has 0 radical (unpaired) electrons. The van der Waals surface area contributed by atoms with Gasteiger partial charge in [0.15, 0.2) is 5.78 Å². The second kappa shape index (κ2) is 5.62. The maximum atomic E-state index is 13.0. The van der Waals surface area contributed by atoms with Gasteiger partial charge in [-0.05, 0) is 67.6 Å². The van der Waals surface area contributed by atoms with E-state index in [1.165, 1.54) is 16.7 Å². The second-order valence-corrected chi connectivity index (χ2v) is 7.53. The van der Waals surface area contributed by atoms with E-state index < -0.39 is 0 Å². The van der Waals surface area contributed by atoms with E-state index in [9.17, 15) is 4.79 Å². The summed E-state index contributed by atoms with van der Waals surface area (Å²) in [5.41, 5.74) is 9.27. The molecular weight excluding hydrogens is 330 g/mol. The monoisotopic (exact) mass is 349 g/mol. The molecule has 1 aliphatic rings. The first kappa shape index (κ1) is 16.0. The number of aryl methyl sites for hydroxylation is 3. The van der Waals surface area contributed by atoms with Crippen molar-refractivity contribution in [1.82, 2.24) is 4.98 Å². The molecule has 1 heterocycles. The molecule has 0 fully saturated rings. The lowest BCUT2D eigenvalue weighted by Gasteiger charge is -2.10. The second-order valence-electron chi connectivity index (χ2n) is 7.53. The van der Waals surface area contributed by atoms with Crippen molar-refractivity contribution in [3.8, 4) is 22.4 Å². The highest BCUT2D eigenvalue weighted by molar-refractivity contribution is 6.23. The molecule has 0 bridgehead atoms. The first-order valence-electron chi connectivity index (χ1n) is 9.18. The summed E-state index contributed by atoms with van der Waals surface area (Å²) in [6.45, 7) is 6.26. The molecule has 130 valence electrons. The van der Waals surface area contributed by atoms with Gasteiger partial charge in [-0.15, -0.1) is 0 Å². The van der Waals surface area contributed by atoms with Crippen LogP contribution in [-0.2, 0) is 0 Å². The molecule has 4 aromatic rings. The molecule has 0 saturated heterocycles. The van der Waals surface area contributed by atoms with Crippen molar-refractivity contribution >= 4 is 16.6 Å². The normalized spacial score (nSPS) is 12.3. The molecule has 2 heteroatoms. The van der Waals surface area contributed by atoms with Gasteiger partial charge in [0.05, 0.1) is 5.69 Å². The molecule has 1 aliphatic carbocycles. The van der Waals surface area contributed by atoms with Crippen molar-refractivity contribution in [2.45, 2.75) is 20.8 Å². The molecular formula is C25H19NO. The van der Waals surface area contributed by atoms with Crippen molar-refractivity contribution in [3.05, 3.63) is 88.6 Å². The molecule has 0 saturated carbocycles. The van der Waals surface area contributed by atoms with Crippen LogP contribution in [0.25, 0.3) is 33.2 Å². The number of aromatic nitrogens is 1.